The minimum atomic E-state index is -0.880. The zero-order chi connectivity index (χ0) is 13.3. The highest BCUT2D eigenvalue weighted by atomic mass is 35.5. The zero-order valence-electron chi connectivity index (χ0n) is 8.94. The van der Waals surface area contributed by atoms with Gasteiger partial charge in [-0.05, 0) is 18.2 Å². The summed E-state index contributed by atoms with van der Waals surface area (Å²) >= 11 is 5.77. The number of imide groups is 2. The van der Waals surface area contributed by atoms with Crippen LogP contribution >= 0.6 is 11.6 Å². The van der Waals surface area contributed by atoms with E-state index in [0.29, 0.717) is 0 Å². The summed E-state index contributed by atoms with van der Waals surface area (Å²) in [6, 6.07) is 5.17. The lowest BCUT2D eigenvalue weighted by atomic mass is 10.1. The fraction of sp³-hybridized carbons (Fsp3) is 0.0909. The summed E-state index contributed by atoms with van der Waals surface area (Å²) in [4.78, 5) is 35.1. The maximum absolute atomic E-state index is 11.7. The van der Waals surface area contributed by atoms with E-state index in [1.165, 1.54) is 18.2 Å². The highest BCUT2D eigenvalue weighted by molar-refractivity contribution is 6.32. The molecule has 2 rings (SSSR count). The number of nitrogens with zero attached hydrogens (tertiary/aromatic N) is 2. The number of hydrogen-bond acceptors (Lipinski definition) is 4. The molecule has 0 radical (unpaired) electrons. The van der Waals surface area contributed by atoms with Crippen LogP contribution in [0.2, 0.25) is 5.02 Å². The zero-order valence-corrected chi connectivity index (χ0v) is 9.69. The van der Waals surface area contributed by atoms with Crippen molar-refractivity contribution in [3.8, 4) is 6.07 Å². The normalized spacial score (nSPS) is 15.3. The SMILES string of the molecule is N#Cc1ccc(Cl)cc1N1C(=O)CC(=O)NC1=O. The lowest BCUT2D eigenvalue weighted by Gasteiger charge is -2.25. The average Bonchev–Trinajstić information content (AvgIpc) is 2.28. The van der Waals surface area contributed by atoms with Crippen LogP contribution in [0.1, 0.15) is 12.0 Å². The van der Waals surface area contributed by atoms with Gasteiger partial charge in [0.25, 0.3) is 0 Å². The van der Waals surface area contributed by atoms with Gasteiger partial charge in [0.15, 0.2) is 0 Å². The van der Waals surface area contributed by atoms with Gasteiger partial charge in [0.2, 0.25) is 11.8 Å². The molecular weight excluding hydrogens is 258 g/mol. The highest BCUT2D eigenvalue weighted by Gasteiger charge is 2.33. The molecule has 1 aromatic rings. The first kappa shape index (κ1) is 12.1. The second-order valence-corrected chi connectivity index (χ2v) is 3.97. The molecule has 1 aliphatic heterocycles. The Bertz CT molecular complexity index is 586. The molecule has 0 atom stereocenters. The van der Waals surface area contributed by atoms with Crippen molar-refractivity contribution in [1.29, 1.82) is 5.26 Å². The lowest BCUT2D eigenvalue weighted by Crippen LogP contribution is -2.53. The maximum Gasteiger partial charge on any atom is 0.335 e. The van der Waals surface area contributed by atoms with Crippen LogP contribution in [0.15, 0.2) is 18.2 Å². The predicted octanol–water partition coefficient (Wildman–Crippen LogP) is 1.18. The number of carbonyl (C=O) groups is 3. The molecule has 1 fully saturated rings. The standard InChI is InChI=1S/C11H6ClN3O3/c12-7-2-1-6(5-13)8(3-7)15-10(17)4-9(16)14-11(15)18/h1-3H,4H2,(H,14,16,18). The van der Waals surface area contributed by atoms with Gasteiger partial charge in [-0.25, -0.2) is 9.69 Å². The lowest BCUT2D eigenvalue weighted by molar-refractivity contribution is -0.128. The van der Waals surface area contributed by atoms with Crippen LogP contribution < -0.4 is 10.2 Å². The van der Waals surface area contributed by atoms with Gasteiger partial charge in [-0.2, -0.15) is 5.26 Å². The number of hydrogen-bond donors (Lipinski definition) is 1. The number of barbiturate groups is 1. The summed E-state index contributed by atoms with van der Waals surface area (Å²) in [6.45, 7) is 0. The van der Waals surface area contributed by atoms with Crippen molar-refractivity contribution in [2.24, 2.45) is 0 Å². The third kappa shape index (κ3) is 2.04. The molecule has 7 heteroatoms. The number of nitriles is 1. The number of nitrogens with one attached hydrogen (secondary N) is 1. The number of benzene rings is 1. The fourth-order valence-corrected chi connectivity index (χ4v) is 1.74. The predicted molar refractivity (Wildman–Crippen MR) is 61.8 cm³/mol. The van der Waals surface area contributed by atoms with E-state index < -0.39 is 24.3 Å². The molecule has 0 unspecified atom stereocenters. The quantitative estimate of drug-likeness (QED) is 0.771. The fourth-order valence-electron chi connectivity index (χ4n) is 1.58. The van der Waals surface area contributed by atoms with Crippen LogP contribution in [0.4, 0.5) is 10.5 Å². The van der Waals surface area contributed by atoms with Gasteiger partial charge in [-0.3, -0.25) is 14.9 Å². The molecule has 1 heterocycles. The first-order valence-electron chi connectivity index (χ1n) is 4.89. The van der Waals surface area contributed by atoms with Gasteiger partial charge in [-0.15, -0.1) is 0 Å². The monoisotopic (exact) mass is 263 g/mol. The van der Waals surface area contributed by atoms with Gasteiger partial charge in [0.1, 0.15) is 12.5 Å². The van der Waals surface area contributed by atoms with Crippen molar-refractivity contribution in [2.45, 2.75) is 6.42 Å². The molecule has 1 N–H and O–H groups in total. The largest absolute Gasteiger partial charge is 0.335 e. The van der Waals surface area contributed by atoms with Crippen molar-refractivity contribution in [3.05, 3.63) is 28.8 Å². The average molecular weight is 264 g/mol. The Kier molecular flexibility index (Phi) is 3.00. The first-order valence-corrected chi connectivity index (χ1v) is 5.27. The van der Waals surface area contributed by atoms with Crippen LogP contribution in [-0.2, 0) is 9.59 Å². The molecule has 18 heavy (non-hydrogen) atoms. The van der Waals surface area contributed by atoms with Crippen LogP contribution in [-0.4, -0.2) is 17.8 Å². The number of carbonyl (C=O) groups excluding carboxylic acids is 3. The molecule has 1 saturated heterocycles. The Morgan fingerprint density at radius 1 is 1.33 bits per heavy atom. The number of urea groups is 1. The molecule has 0 spiro atoms. The van der Waals surface area contributed by atoms with Gasteiger partial charge >= 0.3 is 6.03 Å². The van der Waals surface area contributed by atoms with Crippen LogP contribution in [0.25, 0.3) is 0 Å². The molecule has 0 aliphatic carbocycles. The van der Waals surface area contributed by atoms with Crippen LogP contribution in [0, 0.1) is 11.3 Å². The molecule has 4 amide bonds. The molecule has 0 bridgehead atoms. The Morgan fingerprint density at radius 2 is 2.06 bits per heavy atom. The maximum atomic E-state index is 11.7. The number of halogens is 1. The van der Waals surface area contributed by atoms with Gasteiger partial charge in [0, 0.05) is 5.02 Å². The van der Waals surface area contributed by atoms with Gasteiger partial charge < -0.3 is 0 Å². The van der Waals surface area contributed by atoms with E-state index in [9.17, 15) is 14.4 Å². The highest BCUT2D eigenvalue weighted by Crippen LogP contribution is 2.26. The van der Waals surface area contributed by atoms with Crippen molar-refractivity contribution in [2.75, 3.05) is 4.90 Å². The van der Waals surface area contributed by atoms with E-state index >= 15 is 0 Å². The van der Waals surface area contributed by atoms with E-state index in [4.69, 9.17) is 16.9 Å². The second kappa shape index (κ2) is 4.47. The van der Waals surface area contributed by atoms with E-state index in [1.807, 2.05) is 11.4 Å². The van der Waals surface area contributed by atoms with E-state index in [0.717, 1.165) is 4.90 Å². The summed E-state index contributed by atoms with van der Waals surface area (Å²) in [5.41, 5.74) is 0.192. The summed E-state index contributed by atoms with van der Waals surface area (Å²) in [5.74, 6) is -1.36. The molecule has 90 valence electrons. The van der Waals surface area contributed by atoms with Crippen molar-refractivity contribution >= 4 is 35.1 Å². The summed E-state index contributed by atoms with van der Waals surface area (Å²) in [5, 5.41) is 11.2. The second-order valence-electron chi connectivity index (χ2n) is 3.53. The summed E-state index contributed by atoms with van der Waals surface area (Å²) in [7, 11) is 0. The molecule has 0 aromatic heterocycles. The minimum Gasteiger partial charge on any atom is -0.277 e. The third-order valence-corrected chi connectivity index (χ3v) is 2.57. The topological polar surface area (TPSA) is 90.3 Å². The summed E-state index contributed by atoms with van der Waals surface area (Å²) < 4.78 is 0. The number of rotatable bonds is 1. The van der Waals surface area contributed by atoms with E-state index in [-0.39, 0.29) is 16.3 Å². The van der Waals surface area contributed by atoms with Crippen LogP contribution in [0.3, 0.4) is 0 Å². The Labute approximate surface area is 107 Å². The third-order valence-electron chi connectivity index (χ3n) is 2.33. The van der Waals surface area contributed by atoms with Crippen molar-refractivity contribution in [3.63, 3.8) is 0 Å². The number of anilines is 1. The Hall–Kier alpha value is -2.39. The van der Waals surface area contributed by atoms with E-state index in [1.54, 1.807) is 0 Å². The number of amides is 4. The minimum absolute atomic E-state index is 0.0694. The van der Waals surface area contributed by atoms with Crippen molar-refractivity contribution in [1.82, 2.24) is 5.32 Å². The smallest absolute Gasteiger partial charge is 0.277 e. The molecule has 1 aromatic carbocycles. The molecular formula is C11H6ClN3O3. The Morgan fingerprint density at radius 3 is 2.67 bits per heavy atom. The van der Waals surface area contributed by atoms with Gasteiger partial charge in [0.05, 0.1) is 11.3 Å². The molecule has 1 aliphatic rings. The van der Waals surface area contributed by atoms with Gasteiger partial charge in [-0.1, -0.05) is 11.6 Å². The van der Waals surface area contributed by atoms with Crippen molar-refractivity contribution < 1.29 is 14.4 Å². The van der Waals surface area contributed by atoms with E-state index in [2.05, 4.69) is 0 Å². The first-order chi connectivity index (χ1) is 8.52. The Balaban J connectivity index is 2.51. The summed E-state index contributed by atoms with van der Waals surface area (Å²) in [6.07, 6.45) is -0.441. The van der Waals surface area contributed by atoms with Crippen LogP contribution in [0.5, 0.6) is 0 Å². The molecule has 0 saturated carbocycles. The molecule has 6 nitrogen and oxygen atoms in total.